The Morgan fingerprint density at radius 2 is 2.04 bits per heavy atom. The van der Waals surface area contributed by atoms with Crippen LogP contribution in [0.25, 0.3) is 0 Å². The number of aliphatic imine (C=N–C) groups is 1. The van der Waals surface area contributed by atoms with Crippen LogP contribution in [-0.4, -0.2) is 80.0 Å². The first-order valence-corrected chi connectivity index (χ1v) is 8.39. The second kappa shape index (κ2) is 6.45. The summed E-state index contributed by atoms with van der Waals surface area (Å²) in [6.45, 7) is 9.35. The minimum absolute atomic E-state index is 0.287. The molecule has 10 nitrogen and oxygen atoms in total. The molecule has 0 saturated carbocycles. The van der Waals surface area contributed by atoms with E-state index in [4.69, 9.17) is 5.73 Å². The number of rotatable bonds is 4. The van der Waals surface area contributed by atoms with Crippen LogP contribution in [0.3, 0.4) is 0 Å². The van der Waals surface area contributed by atoms with E-state index in [-0.39, 0.29) is 5.84 Å². The molecule has 0 spiro atoms. The van der Waals surface area contributed by atoms with Gasteiger partial charge in [0.15, 0.2) is 0 Å². The summed E-state index contributed by atoms with van der Waals surface area (Å²) in [5.41, 5.74) is 7.65. The number of carbonyl (C=O) groups is 3. The van der Waals surface area contributed by atoms with Gasteiger partial charge in [0.05, 0.1) is 12.2 Å². The van der Waals surface area contributed by atoms with E-state index in [1.807, 2.05) is 26.8 Å². The fraction of sp³-hybridized carbons (Fsp3) is 0.412. The van der Waals surface area contributed by atoms with Crippen molar-refractivity contribution < 1.29 is 19.0 Å². The summed E-state index contributed by atoms with van der Waals surface area (Å²) in [6, 6.07) is 0.394. The minimum atomic E-state index is -0.859. The fourth-order valence-electron chi connectivity index (χ4n) is 3.26. The molecule has 27 heavy (non-hydrogen) atoms. The predicted molar refractivity (Wildman–Crippen MR) is 97.3 cm³/mol. The van der Waals surface area contributed by atoms with Gasteiger partial charge in [-0.05, 0) is 32.4 Å². The fourth-order valence-corrected chi connectivity index (χ4v) is 3.26. The lowest BCUT2D eigenvalue weighted by Crippen LogP contribution is -2.64. The number of imide groups is 1. The van der Waals surface area contributed by atoms with Crippen LogP contribution in [0.1, 0.15) is 18.3 Å². The van der Waals surface area contributed by atoms with Crippen LogP contribution in [0.15, 0.2) is 23.2 Å². The maximum Gasteiger partial charge on any atom is 0.421 e. The summed E-state index contributed by atoms with van der Waals surface area (Å²) < 4.78 is 3.37. The van der Waals surface area contributed by atoms with Gasteiger partial charge in [0.25, 0.3) is 5.91 Å². The van der Waals surface area contributed by atoms with E-state index in [0.29, 0.717) is 12.5 Å². The molecule has 0 aromatic carbocycles. The molecular formula is C17H22N7O3+. The molecule has 0 aliphatic carbocycles. The molecule has 142 valence electrons. The third-order valence-corrected chi connectivity index (χ3v) is 4.34. The first-order valence-electron chi connectivity index (χ1n) is 8.39. The molecule has 1 aromatic rings. The number of aryl methyl sites for hydroxylation is 2. The van der Waals surface area contributed by atoms with Crippen LogP contribution < -0.4 is 5.73 Å². The molecule has 2 aliphatic heterocycles. The number of likely N-dealkylation sites (N-methyl/N-ethyl adjacent to an activating group) is 1. The average molecular weight is 372 g/mol. The van der Waals surface area contributed by atoms with E-state index in [2.05, 4.69) is 16.7 Å². The van der Waals surface area contributed by atoms with E-state index in [0.717, 1.165) is 21.9 Å². The summed E-state index contributed by atoms with van der Waals surface area (Å²) in [4.78, 5) is 43.6. The zero-order valence-corrected chi connectivity index (χ0v) is 15.8. The Hall–Kier alpha value is -3.30. The first kappa shape index (κ1) is 18.5. The largest absolute Gasteiger partial charge is 0.421 e. The maximum absolute atomic E-state index is 13.0. The topological polar surface area (TPSA) is 117 Å². The van der Waals surface area contributed by atoms with Gasteiger partial charge >= 0.3 is 12.0 Å². The normalized spacial score (nSPS) is 19.6. The zero-order valence-electron chi connectivity index (χ0n) is 15.8. The molecule has 10 heteroatoms. The molecule has 1 atom stereocenters. The molecule has 3 heterocycles. The smallest absolute Gasteiger partial charge is 0.368 e. The van der Waals surface area contributed by atoms with Crippen LogP contribution in [0.4, 0.5) is 4.79 Å². The average Bonchev–Trinajstić information content (AvgIpc) is 3.08. The van der Waals surface area contributed by atoms with E-state index in [9.17, 15) is 14.4 Å². The van der Waals surface area contributed by atoms with E-state index < -0.39 is 30.4 Å². The third kappa shape index (κ3) is 3.03. The standard InChI is InChI=1S/C17H21N7O3/c1-9(2)7-22-13-14(19-16(22)24-11(4)6-10(3)20-24)21(5)17(27)23(15(13)26)8-12(18)25/h6,13H,1,7-8H2,2-5H3,(H-,18,25)/p+1. The van der Waals surface area contributed by atoms with E-state index in [1.165, 1.54) is 11.9 Å². The predicted octanol–water partition coefficient (Wildman–Crippen LogP) is -0.547. The molecule has 3 rings (SSSR count). The van der Waals surface area contributed by atoms with Crippen molar-refractivity contribution in [3.05, 3.63) is 29.6 Å². The van der Waals surface area contributed by atoms with Gasteiger partial charge in [-0.1, -0.05) is 11.6 Å². The Kier molecular flexibility index (Phi) is 4.42. The van der Waals surface area contributed by atoms with Crippen molar-refractivity contribution in [1.82, 2.24) is 19.6 Å². The van der Waals surface area contributed by atoms with Crippen molar-refractivity contribution in [2.75, 3.05) is 20.1 Å². The van der Waals surface area contributed by atoms with Crippen molar-refractivity contribution in [2.24, 2.45) is 10.7 Å². The highest BCUT2D eigenvalue weighted by Crippen LogP contribution is 2.21. The minimum Gasteiger partial charge on any atom is -0.368 e. The van der Waals surface area contributed by atoms with Crippen molar-refractivity contribution in [1.29, 1.82) is 0 Å². The molecule has 1 unspecified atom stereocenters. The second-order valence-electron chi connectivity index (χ2n) is 6.83. The number of urea groups is 1. The van der Waals surface area contributed by atoms with Gasteiger partial charge in [0.1, 0.15) is 12.2 Å². The van der Waals surface area contributed by atoms with Crippen LogP contribution in [0.5, 0.6) is 0 Å². The Balaban J connectivity index is 2.16. The number of primary amides is 1. The van der Waals surface area contributed by atoms with Crippen LogP contribution in [-0.2, 0) is 9.59 Å². The number of amides is 4. The number of fused-ring (bicyclic) bond motifs is 1. The highest BCUT2D eigenvalue weighted by molar-refractivity contribution is 6.23. The maximum atomic E-state index is 13.0. The van der Waals surface area contributed by atoms with Crippen LogP contribution >= 0.6 is 0 Å². The summed E-state index contributed by atoms with van der Waals surface area (Å²) in [7, 11) is 1.51. The van der Waals surface area contributed by atoms with Crippen molar-refractivity contribution >= 4 is 29.6 Å². The summed E-state index contributed by atoms with van der Waals surface area (Å²) in [6.07, 6.45) is 0. The summed E-state index contributed by atoms with van der Waals surface area (Å²) in [5.74, 6) is -0.599. The van der Waals surface area contributed by atoms with Crippen molar-refractivity contribution in [2.45, 2.75) is 26.8 Å². The molecule has 2 aliphatic rings. The lowest BCUT2D eigenvalue weighted by atomic mass is 10.1. The lowest BCUT2D eigenvalue weighted by Gasteiger charge is -2.33. The number of carbonyl (C=O) groups excluding carboxylic acids is 3. The van der Waals surface area contributed by atoms with E-state index in [1.54, 1.807) is 9.26 Å². The summed E-state index contributed by atoms with van der Waals surface area (Å²) >= 11 is 0. The first-order chi connectivity index (χ1) is 12.6. The van der Waals surface area contributed by atoms with Gasteiger partial charge < -0.3 is 5.73 Å². The van der Waals surface area contributed by atoms with Gasteiger partial charge in [-0.2, -0.15) is 0 Å². The molecule has 2 N–H and O–H groups in total. The lowest BCUT2D eigenvalue weighted by molar-refractivity contribution is -0.529. The zero-order chi connectivity index (χ0) is 20.0. The molecule has 0 radical (unpaired) electrons. The monoisotopic (exact) mass is 372 g/mol. The third-order valence-electron chi connectivity index (χ3n) is 4.34. The molecular weight excluding hydrogens is 350 g/mol. The van der Waals surface area contributed by atoms with Crippen LogP contribution in [0, 0.1) is 13.8 Å². The second-order valence-corrected chi connectivity index (χ2v) is 6.83. The van der Waals surface area contributed by atoms with Gasteiger partial charge in [-0.3, -0.25) is 19.4 Å². The van der Waals surface area contributed by atoms with Gasteiger partial charge in [0, 0.05) is 7.05 Å². The number of nitrogens with zero attached hydrogens (tertiary/aromatic N) is 6. The van der Waals surface area contributed by atoms with Gasteiger partial charge in [0.2, 0.25) is 17.8 Å². The van der Waals surface area contributed by atoms with Crippen molar-refractivity contribution in [3.8, 4) is 0 Å². The molecule has 1 fully saturated rings. The Morgan fingerprint density at radius 1 is 1.37 bits per heavy atom. The SMILES string of the molecule is C=C(C)C[N+]1=C(n2nc(C)cc2C)N=C2C1C(=O)N(CC(N)=O)C(=O)N2C. The Labute approximate surface area is 156 Å². The number of amidine groups is 1. The van der Waals surface area contributed by atoms with E-state index >= 15 is 0 Å². The summed E-state index contributed by atoms with van der Waals surface area (Å²) in [5, 5.41) is 4.44. The van der Waals surface area contributed by atoms with Crippen molar-refractivity contribution in [3.63, 3.8) is 0 Å². The number of hydrogen-bond donors (Lipinski definition) is 1. The Bertz CT molecular complexity index is 940. The quantitative estimate of drug-likeness (QED) is 0.564. The van der Waals surface area contributed by atoms with Crippen LogP contribution in [0.2, 0.25) is 0 Å². The molecule has 1 aromatic heterocycles. The molecule has 1 saturated heterocycles. The van der Waals surface area contributed by atoms with Gasteiger partial charge in [-0.25, -0.2) is 9.37 Å². The highest BCUT2D eigenvalue weighted by atomic mass is 16.2. The number of hydrogen-bond acceptors (Lipinski definition) is 5. The molecule has 4 amide bonds. The van der Waals surface area contributed by atoms with Gasteiger partial charge in [-0.15, -0.1) is 9.78 Å². The molecule has 0 bridgehead atoms. The Morgan fingerprint density at radius 3 is 2.56 bits per heavy atom. The highest BCUT2D eigenvalue weighted by Gasteiger charge is 2.53. The number of nitrogens with two attached hydrogens (primary N) is 1. The number of aromatic nitrogens is 2.